The van der Waals surface area contributed by atoms with E-state index in [1.165, 1.54) is 0 Å². The fourth-order valence-corrected chi connectivity index (χ4v) is 3.87. The van der Waals surface area contributed by atoms with Crippen LogP contribution in [0.3, 0.4) is 0 Å². The van der Waals surface area contributed by atoms with Crippen molar-refractivity contribution in [3.05, 3.63) is 64.1 Å². The van der Waals surface area contributed by atoms with Gasteiger partial charge < -0.3 is 14.8 Å². The molecule has 0 aliphatic carbocycles. The molecule has 1 aliphatic rings. The molecule has 1 fully saturated rings. The third kappa shape index (κ3) is 4.69. The second-order valence-corrected chi connectivity index (χ2v) is 8.08. The second-order valence-electron chi connectivity index (χ2n) is 7.23. The zero-order valence-electron chi connectivity index (χ0n) is 16.0. The maximum absolute atomic E-state index is 12.9. The Hall–Kier alpha value is -1.89. The van der Waals surface area contributed by atoms with Gasteiger partial charge in [-0.25, -0.2) is 4.79 Å². The number of amides is 2. The van der Waals surface area contributed by atoms with E-state index in [0.29, 0.717) is 6.61 Å². The molecule has 2 aromatic carbocycles. The van der Waals surface area contributed by atoms with Crippen molar-refractivity contribution >= 4 is 27.6 Å². The van der Waals surface area contributed by atoms with Gasteiger partial charge in [0, 0.05) is 11.5 Å². The summed E-state index contributed by atoms with van der Waals surface area (Å²) in [6.07, 6.45) is -0.284. The molecule has 1 heterocycles. The van der Waals surface area contributed by atoms with Crippen LogP contribution in [0.5, 0.6) is 0 Å². The molecule has 27 heavy (non-hydrogen) atoms. The number of hydrogen-bond acceptors (Lipinski definition) is 3. The van der Waals surface area contributed by atoms with Gasteiger partial charge in [-0.05, 0) is 60.0 Å². The van der Waals surface area contributed by atoms with E-state index in [4.69, 9.17) is 9.47 Å². The summed E-state index contributed by atoms with van der Waals surface area (Å²) in [6, 6.07) is 15.3. The van der Waals surface area contributed by atoms with Gasteiger partial charge in [0.25, 0.3) is 0 Å². The van der Waals surface area contributed by atoms with Crippen LogP contribution in [0, 0.1) is 6.92 Å². The lowest BCUT2D eigenvalue weighted by atomic mass is 10.0. The van der Waals surface area contributed by atoms with Gasteiger partial charge in [0.2, 0.25) is 0 Å². The highest BCUT2D eigenvalue weighted by Gasteiger charge is 2.38. The SMILES string of the molecule is Cc1ccc(N(C)C(=O)N[C@H]2COC(C)(C)O[C@H]2c2ccccc2)c(Br)c1. The van der Waals surface area contributed by atoms with Crippen molar-refractivity contribution < 1.29 is 14.3 Å². The van der Waals surface area contributed by atoms with Crippen LogP contribution in [0.4, 0.5) is 10.5 Å². The van der Waals surface area contributed by atoms with Gasteiger partial charge in [0.1, 0.15) is 6.10 Å². The quantitative estimate of drug-likeness (QED) is 0.757. The normalized spacial score (nSPS) is 21.5. The first-order chi connectivity index (χ1) is 12.8. The molecule has 6 heteroatoms. The van der Waals surface area contributed by atoms with E-state index in [2.05, 4.69) is 21.2 Å². The van der Waals surface area contributed by atoms with Crippen molar-refractivity contribution in [1.82, 2.24) is 5.32 Å². The predicted octanol–water partition coefficient (Wildman–Crippen LogP) is 4.80. The number of rotatable bonds is 3. The van der Waals surface area contributed by atoms with Gasteiger partial charge in [-0.3, -0.25) is 4.90 Å². The minimum atomic E-state index is -0.701. The third-order valence-corrected chi connectivity index (χ3v) is 5.23. The molecule has 1 saturated heterocycles. The van der Waals surface area contributed by atoms with Crippen LogP contribution in [-0.2, 0) is 9.47 Å². The van der Waals surface area contributed by atoms with E-state index >= 15 is 0 Å². The highest BCUT2D eigenvalue weighted by Crippen LogP contribution is 2.33. The van der Waals surface area contributed by atoms with E-state index in [0.717, 1.165) is 21.3 Å². The van der Waals surface area contributed by atoms with E-state index in [9.17, 15) is 4.79 Å². The van der Waals surface area contributed by atoms with Crippen molar-refractivity contribution in [2.24, 2.45) is 0 Å². The summed E-state index contributed by atoms with van der Waals surface area (Å²) < 4.78 is 12.8. The fourth-order valence-electron chi connectivity index (χ4n) is 3.11. The lowest BCUT2D eigenvalue weighted by molar-refractivity contribution is -0.284. The zero-order valence-corrected chi connectivity index (χ0v) is 17.6. The summed E-state index contributed by atoms with van der Waals surface area (Å²) in [5, 5.41) is 3.06. The number of halogens is 1. The molecular formula is C21H25BrN2O3. The van der Waals surface area contributed by atoms with Gasteiger partial charge >= 0.3 is 6.03 Å². The first kappa shape index (κ1) is 19.9. The molecule has 144 valence electrons. The number of nitrogens with zero attached hydrogens (tertiary/aromatic N) is 1. The maximum Gasteiger partial charge on any atom is 0.322 e. The van der Waals surface area contributed by atoms with Crippen molar-refractivity contribution in [3.8, 4) is 0 Å². The highest BCUT2D eigenvalue weighted by molar-refractivity contribution is 9.10. The molecule has 2 amide bonds. The van der Waals surface area contributed by atoms with Crippen LogP contribution >= 0.6 is 15.9 Å². The van der Waals surface area contributed by atoms with Crippen LogP contribution in [0.1, 0.15) is 31.1 Å². The molecule has 1 N–H and O–H groups in total. The molecule has 0 spiro atoms. The summed E-state index contributed by atoms with van der Waals surface area (Å²) in [4.78, 5) is 14.5. The van der Waals surface area contributed by atoms with E-state index in [-0.39, 0.29) is 18.2 Å². The Balaban J connectivity index is 1.78. The summed E-state index contributed by atoms with van der Waals surface area (Å²) in [7, 11) is 1.75. The number of carbonyl (C=O) groups excluding carboxylic acids is 1. The predicted molar refractivity (Wildman–Crippen MR) is 110 cm³/mol. The van der Waals surface area contributed by atoms with Crippen LogP contribution in [0.15, 0.2) is 53.0 Å². The summed E-state index contributed by atoms with van der Waals surface area (Å²) in [6.45, 7) is 6.16. The standard InChI is InChI=1S/C21H25BrN2O3/c1-14-10-11-18(16(22)12-14)24(4)20(25)23-17-13-26-21(2,3)27-19(17)15-8-6-5-7-9-15/h5-12,17,19H,13H2,1-4H3,(H,23,25)/t17-,19-/m0/s1. The molecular weight excluding hydrogens is 408 g/mol. The Morgan fingerprint density at radius 3 is 2.59 bits per heavy atom. The van der Waals surface area contributed by atoms with Gasteiger partial charge in [0.05, 0.1) is 18.3 Å². The monoisotopic (exact) mass is 432 g/mol. The Morgan fingerprint density at radius 2 is 1.93 bits per heavy atom. The van der Waals surface area contributed by atoms with Crippen LogP contribution in [0.25, 0.3) is 0 Å². The van der Waals surface area contributed by atoms with Crippen LogP contribution < -0.4 is 10.2 Å². The summed E-state index contributed by atoms with van der Waals surface area (Å²) in [5.41, 5.74) is 2.94. The van der Waals surface area contributed by atoms with Gasteiger partial charge in [-0.2, -0.15) is 0 Å². The van der Waals surface area contributed by atoms with Crippen molar-refractivity contribution in [2.45, 2.75) is 38.7 Å². The molecule has 5 nitrogen and oxygen atoms in total. The number of aryl methyl sites for hydroxylation is 1. The number of ether oxygens (including phenoxy) is 2. The topological polar surface area (TPSA) is 50.8 Å². The number of hydrogen-bond donors (Lipinski definition) is 1. The number of benzene rings is 2. The van der Waals surface area contributed by atoms with Crippen molar-refractivity contribution in [3.63, 3.8) is 0 Å². The lowest BCUT2D eigenvalue weighted by Gasteiger charge is -2.41. The number of carbonyl (C=O) groups is 1. The first-order valence-electron chi connectivity index (χ1n) is 8.94. The average molecular weight is 433 g/mol. The van der Waals surface area contributed by atoms with Crippen molar-refractivity contribution in [2.75, 3.05) is 18.6 Å². The molecule has 0 unspecified atom stereocenters. The van der Waals surface area contributed by atoms with E-state index in [1.54, 1.807) is 11.9 Å². The molecule has 2 atom stereocenters. The van der Waals surface area contributed by atoms with E-state index in [1.807, 2.05) is 69.3 Å². The molecule has 1 aliphatic heterocycles. The van der Waals surface area contributed by atoms with Crippen molar-refractivity contribution in [1.29, 1.82) is 0 Å². The molecule has 3 rings (SSSR count). The zero-order chi connectivity index (χ0) is 19.6. The molecule has 2 aromatic rings. The molecule has 0 radical (unpaired) electrons. The van der Waals surface area contributed by atoms with Crippen LogP contribution in [-0.4, -0.2) is 31.5 Å². The number of anilines is 1. The fraction of sp³-hybridized carbons (Fsp3) is 0.381. The Labute approximate surface area is 168 Å². The Bertz CT molecular complexity index is 810. The Kier molecular flexibility index (Phi) is 5.89. The second kappa shape index (κ2) is 8.00. The first-order valence-corrected chi connectivity index (χ1v) is 9.73. The minimum Gasteiger partial charge on any atom is -0.348 e. The van der Waals surface area contributed by atoms with Gasteiger partial charge in [0.15, 0.2) is 5.79 Å². The highest BCUT2D eigenvalue weighted by atomic mass is 79.9. The average Bonchev–Trinajstić information content (AvgIpc) is 2.63. The maximum atomic E-state index is 12.9. The largest absolute Gasteiger partial charge is 0.348 e. The minimum absolute atomic E-state index is 0.211. The van der Waals surface area contributed by atoms with E-state index < -0.39 is 5.79 Å². The van der Waals surface area contributed by atoms with Gasteiger partial charge in [-0.15, -0.1) is 0 Å². The summed E-state index contributed by atoms with van der Waals surface area (Å²) in [5.74, 6) is -0.701. The molecule has 0 saturated carbocycles. The number of nitrogens with one attached hydrogen (secondary N) is 1. The smallest absolute Gasteiger partial charge is 0.322 e. The third-order valence-electron chi connectivity index (χ3n) is 4.59. The van der Waals surface area contributed by atoms with Gasteiger partial charge in [-0.1, -0.05) is 36.4 Å². The summed E-state index contributed by atoms with van der Waals surface area (Å²) >= 11 is 3.53. The number of urea groups is 1. The Morgan fingerprint density at radius 1 is 1.22 bits per heavy atom. The lowest BCUT2D eigenvalue weighted by Crippen LogP contribution is -2.54. The van der Waals surface area contributed by atoms with Crippen LogP contribution in [0.2, 0.25) is 0 Å². The molecule has 0 bridgehead atoms. The molecule has 0 aromatic heterocycles.